The maximum atomic E-state index is 14.3. The molecule has 2 aromatic rings. The van der Waals surface area contributed by atoms with Crippen LogP contribution in [0.15, 0.2) is 41.3 Å². The topological polar surface area (TPSA) is 83.9 Å². The van der Waals surface area contributed by atoms with Gasteiger partial charge in [-0.2, -0.15) is 0 Å². The third-order valence-corrected chi connectivity index (χ3v) is 5.58. The molecule has 0 aliphatic carbocycles. The zero-order valence-electron chi connectivity index (χ0n) is 12.9. The van der Waals surface area contributed by atoms with Crippen molar-refractivity contribution in [3.05, 3.63) is 53.3 Å². The number of ether oxygens (including phenoxy) is 1. The van der Waals surface area contributed by atoms with Gasteiger partial charge < -0.3 is 9.84 Å². The van der Waals surface area contributed by atoms with E-state index in [9.17, 15) is 17.6 Å². The van der Waals surface area contributed by atoms with Gasteiger partial charge in [0.2, 0.25) is 0 Å². The molecule has 0 saturated carbocycles. The van der Waals surface area contributed by atoms with E-state index in [0.29, 0.717) is 0 Å². The molecule has 0 bridgehead atoms. The van der Waals surface area contributed by atoms with Gasteiger partial charge in [-0.3, -0.25) is 0 Å². The molecule has 1 aliphatic rings. The molecule has 0 amide bonds. The SMILES string of the molecule is Cc1ccc2c(c1)S(=O)(=O)N(c1ccc(C(=O)O)cc1F)[C@@H](C)O2. The average molecular weight is 351 g/mol. The summed E-state index contributed by atoms with van der Waals surface area (Å²) in [5, 5.41) is 8.90. The molecular weight excluding hydrogens is 337 g/mol. The lowest BCUT2D eigenvalue weighted by molar-refractivity contribution is 0.0696. The van der Waals surface area contributed by atoms with Gasteiger partial charge in [0.25, 0.3) is 10.0 Å². The van der Waals surface area contributed by atoms with Gasteiger partial charge in [0, 0.05) is 0 Å². The van der Waals surface area contributed by atoms with Crippen LogP contribution in [-0.2, 0) is 10.0 Å². The first-order chi connectivity index (χ1) is 11.2. The van der Waals surface area contributed by atoms with Crippen LogP contribution in [0.25, 0.3) is 0 Å². The molecule has 0 radical (unpaired) electrons. The quantitative estimate of drug-likeness (QED) is 0.899. The lowest BCUT2D eigenvalue weighted by atomic mass is 10.2. The first-order valence-electron chi connectivity index (χ1n) is 7.06. The van der Waals surface area contributed by atoms with Gasteiger partial charge in [-0.05, 0) is 49.7 Å². The number of rotatable bonds is 2. The molecule has 0 saturated heterocycles. The number of hydrogen-bond acceptors (Lipinski definition) is 4. The monoisotopic (exact) mass is 351 g/mol. The normalized spacial score (nSPS) is 18.6. The molecule has 6 nitrogen and oxygen atoms in total. The second-order valence-electron chi connectivity index (χ2n) is 5.44. The van der Waals surface area contributed by atoms with E-state index >= 15 is 0 Å². The number of fused-ring (bicyclic) bond motifs is 1. The summed E-state index contributed by atoms with van der Waals surface area (Å²) < 4.78 is 46.5. The minimum absolute atomic E-state index is 0.0534. The molecule has 1 atom stereocenters. The third-order valence-electron chi connectivity index (χ3n) is 3.70. The Balaban J connectivity index is 2.17. The fourth-order valence-corrected chi connectivity index (χ4v) is 4.35. The molecule has 8 heteroatoms. The summed E-state index contributed by atoms with van der Waals surface area (Å²) in [5.74, 6) is -2.05. The largest absolute Gasteiger partial charge is 0.478 e. The highest BCUT2D eigenvalue weighted by Gasteiger charge is 2.39. The van der Waals surface area contributed by atoms with Gasteiger partial charge in [0.15, 0.2) is 6.23 Å². The molecule has 1 N–H and O–H groups in total. The average Bonchev–Trinajstić information content (AvgIpc) is 2.49. The number of nitrogens with zero attached hydrogens (tertiary/aromatic N) is 1. The third kappa shape index (κ3) is 2.48. The number of halogens is 1. The van der Waals surface area contributed by atoms with Crippen LogP contribution in [-0.4, -0.2) is 25.7 Å². The van der Waals surface area contributed by atoms with Crippen LogP contribution in [0.3, 0.4) is 0 Å². The number of carboxylic acid groups (broad SMARTS) is 1. The maximum absolute atomic E-state index is 14.3. The van der Waals surface area contributed by atoms with E-state index in [1.54, 1.807) is 19.1 Å². The van der Waals surface area contributed by atoms with Crippen LogP contribution < -0.4 is 9.04 Å². The van der Waals surface area contributed by atoms with Crippen molar-refractivity contribution in [2.75, 3.05) is 4.31 Å². The van der Waals surface area contributed by atoms with Gasteiger partial charge in [-0.1, -0.05) is 6.07 Å². The van der Waals surface area contributed by atoms with Crippen molar-refractivity contribution < 1.29 is 27.4 Å². The number of aryl methyl sites for hydroxylation is 1. The second-order valence-corrected chi connectivity index (χ2v) is 7.22. The summed E-state index contributed by atoms with van der Waals surface area (Å²) in [5.41, 5.74) is 0.187. The van der Waals surface area contributed by atoms with Crippen molar-refractivity contribution in [2.45, 2.75) is 25.0 Å². The minimum atomic E-state index is -4.04. The Bertz CT molecular complexity index is 941. The standard InChI is InChI=1S/C16H14FNO5S/c1-9-3-6-14-15(7-9)24(21,22)18(10(2)23-14)13-5-4-11(16(19)20)8-12(13)17/h3-8,10H,1-2H3,(H,19,20)/t10-/m1/s1. The molecule has 3 rings (SSSR count). The lowest BCUT2D eigenvalue weighted by Crippen LogP contribution is -2.46. The highest BCUT2D eigenvalue weighted by Crippen LogP contribution is 2.38. The molecular formula is C16H14FNO5S. The van der Waals surface area contributed by atoms with E-state index in [4.69, 9.17) is 9.84 Å². The zero-order valence-corrected chi connectivity index (χ0v) is 13.7. The highest BCUT2D eigenvalue weighted by molar-refractivity contribution is 7.93. The van der Waals surface area contributed by atoms with Crippen LogP contribution in [0, 0.1) is 12.7 Å². The first-order valence-corrected chi connectivity index (χ1v) is 8.50. The number of hydrogen-bond donors (Lipinski definition) is 1. The second kappa shape index (κ2) is 5.48. The predicted octanol–water partition coefficient (Wildman–Crippen LogP) is 2.77. The number of aromatic carboxylic acids is 1. The van der Waals surface area contributed by atoms with Gasteiger partial charge >= 0.3 is 5.97 Å². The lowest BCUT2D eigenvalue weighted by Gasteiger charge is -2.35. The fraction of sp³-hybridized carbons (Fsp3) is 0.188. The number of carbonyl (C=O) groups is 1. The molecule has 24 heavy (non-hydrogen) atoms. The number of anilines is 1. The van der Waals surface area contributed by atoms with E-state index in [0.717, 1.165) is 28.1 Å². The van der Waals surface area contributed by atoms with Gasteiger partial charge in [0.1, 0.15) is 16.5 Å². The number of benzene rings is 2. The molecule has 1 aliphatic heterocycles. The van der Waals surface area contributed by atoms with Gasteiger partial charge in [0.05, 0.1) is 11.3 Å². The van der Waals surface area contributed by atoms with Crippen LogP contribution in [0.4, 0.5) is 10.1 Å². The van der Waals surface area contributed by atoms with E-state index < -0.39 is 28.0 Å². The molecule has 126 valence electrons. The van der Waals surface area contributed by atoms with Crippen molar-refractivity contribution in [1.82, 2.24) is 0 Å². The Morgan fingerprint density at radius 1 is 1.25 bits per heavy atom. The van der Waals surface area contributed by atoms with Crippen molar-refractivity contribution >= 4 is 21.7 Å². The zero-order chi connectivity index (χ0) is 17.6. The maximum Gasteiger partial charge on any atom is 0.335 e. The van der Waals surface area contributed by atoms with E-state index in [2.05, 4.69) is 0 Å². The van der Waals surface area contributed by atoms with E-state index in [1.807, 2.05) is 0 Å². The molecule has 0 aromatic heterocycles. The Labute approximate surface area is 138 Å². The molecule has 0 spiro atoms. The Kier molecular flexibility index (Phi) is 3.71. The summed E-state index contributed by atoms with van der Waals surface area (Å²) >= 11 is 0. The molecule has 0 unspecified atom stereocenters. The highest BCUT2D eigenvalue weighted by atomic mass is 32.2. The number of sulfonamides is 1. The van der Waals surface area contributed by atoms with E-state index in [-0.39, 0.29) is 21.9 Å². The first kappa shape index (κ1) is 16.3. The van der Waals surface area contributed by atoms with Crippen molar-refractivity contribution in [3.8, 4) is 5.75 Å². The summed E-state index contributed by atoms with van der Waals surface area (Å²) in [6, 6.07) is 7.78. The van der Waals surface area contributed by atoms with Gasteiger partial charge in [-0.15, -0.1) is 0 Å². The molecule has 0 fully saturated rings. The fourth-order valence-electron chi connectivity index (χ4n) is 2.59. The Morgan fingerprint density at radius 2 is 1.96 bits per heavy atom. The smallest absolute Gasteiger partial charge is 0.335 e. The summed E-state index contributed by atoms with van der Waals surface area (Å²) in [7, 11) is -4.04. The van der Waals surface area contributed by atoms with Gasteiger partial charge in [-0.25, -0.2) is 21.9 Å². The molecule has 2 aromatic carbocycles. The van der Waals surface area contributed by atoms with Crippen molar-refractivity contribution in [3.63, 3.8) is 0 Å². The van der Waals surface area contributed by atoms with Crippen molar-refractivity contribution in [2.24, 2.45) is 0 Å². The Hall–Kier alpha value is -2.61. The summed E-state index contributed by atoms with van der Waals surface area (Å²) in [4.78, 5) is 10.9. The predicted molar refractivity (Wildman–Crippen MR) is 84.3 cm³/mol. The van der Waals surface area contributed by atoms with Crippen LogP contribution in [0.1, 0.15) is 22.8 Å². The van der Waals surface area contributed by atoms with Crippen LogP contribution >= 0.6 is 0 Å². The van der Waals surface area contributed by atoms with Crippen LogP contribution in [0.2, 0.25) is 0 Å². The molecule has 1 heterocycles. The number of carboxylic acids is 1. The summed E-state index contributed by atoms with van der Waals surface area (Å²) in [6.07, 6.45) is -0.976. The minimum Gasteiger partial charge on any atom is -0.478 e. The van der Waals surface area contributed by atoms with E-state index in [1.165, 1.54) is 13.0 Å². The van der Waals surface area contributed by atoms with Crippen LogP contribution in [0.5, 0.6) is 5.75 Å². The van der Waals surface area contributed by atoms with Crippen molar-refractivity contribution in [1.29, 1.82) is 0 Å². The summed E-state index contributed by atoms with van der Waals surface area (Å²) in [6.45, 7) is 3.21. The Morgan fingerprint density at radius 3 is 2.58 bits per heavy atom.